The smallest absolute Gasteiger partial charge is 0.337 e. The van der Waals surface area contributed by atoms with Gasteiger partial charge in [-0.2, -0.15) is 5.26 Å². The molecule has 0 spiro atoms. The number of nitrogens with zero attached hydrogens (tertiary/aromatic N) is 1. The largest absolute Gasteiger partial charge is 0.460 e. The van der Waals surface area contributed by atoms with Gasteiger partial charge in [0.1, 0.15) is 6.61 Å². The minimum absolute atomic E-state index is 0.0948. The fourth-order valence-electron chi connectivity index (χ4n) is 3.78. The van der Waals surface area contributed by atoms with Gasteiger partial charge in [-0.25, -0.2) is 9.59 Å². The molecule has 1 heterocycles. The highest BCUT2D eigenvalue weighted by molar-refractivity contribution is 6.00. The molecule has 1 N–H and O–H groups in total. The summed E-state index contributed by atoms with van der Waals surface area (Å²) in [6.07, 6.45) is -0.338. The number of benzene rings is 2. The van der Waals surface area contributed by atoms with E-state index in [4.69, 9.17) is 9.47 Å². The molecule has 0 fully saturated rings. The van der Waals surface area contributed by atoms with Gasteiger partial charge in [-0.3, -0.25) is 0 Å². The van der Waals surface area contributed by atoms with Gasteiger partial charge in [0, 0.05) is 11.4 Å². The van der Waals surface area contributed by atoms with Gasteiger partial charge in [-0.1, -0.05) is 48.5 Å². The van der Waals surface area contributed by atoms with E-state index in [0.717, 1.165) is 5.56 Å². The van der Waals surface area contributed by atoms with Gasteiger partial charge in [0.05, 0.1) is 34.8 Å². The minimum Gasteiger partial charge on any atom is -0.460 e. The van der Waals surface area contributed by atoms with Crippen LogP contribution in [-0.2, 0) is 25.7 Å². The van der Waals surface area contributed by atoms with Crippen molar-refractivity contribution in [3.63, 3.8) is 0 Å². The van der Waals surface area contributed by atoms with E-state index < -0.39 is 17.9 Å². The van der Waals surface area contributed by atoms with Gasteiger partial charge in [-0.15, -0.1) is 0 Å². The van der Waals surface area contributed by atoms with Gasteiger partial charge in [-0.05, 0) is 44.9 Å². The highest BCUT2D eigenvalue weighted by Gasteiger charge is 2.39. The maximum Gasteiger partial charge on any atom is 0.337 e. The zero-order valence-corrected chi connectivity index (χ0v) is 18.6. The first kappa shape index (κ1) is 22.8. The Bertz CT molecular complexity index is 1120. The number of rotatable bonds is 6. The lowest BCUT2D eigenvalue weighted by Crippen LogP contribution is -2.33. The van der Waals surface area contributed by atoms with Gasteiger partial charge < -0.3 is 14.8 Å². The Balaban J connectivity index is 2.07. The maximum atomic E-state index is 13.3. The lowest BCUT2D eigenvalue weighted by Gasteiger charge is -2.31. The van der Waals surface area contributed by atoms with Crippen molar-refractivity contribution in [1.29, 1.82) is 5.26 Å². The molecule has 1 aliphatic rings. The number of dihydropyridines is 1. The third-order valence-electron chi connectivity index (χ3n) is 5.15. The predicted molar refractivity (Wildman–Crippen MR) is 120 cm³/mol. The van der Waals surface area contributed by atoms with E-state index in [2.05, 4.69) is 11.4 Å². The molecular formula is C26H26N2O4. The van der Waals surface area contributed by atoms with E-state index in [1.165, 1.54) is 0 Å². The van der Waals surface area contributed by atoms with Gasteiger partial charge in [0.25, 0.3) is 0 Å². The SMILES string of the molecule is CC1=C(C(=O)OCc2ccccc2)C(c2ccccc2C#N)C(C(=O)OC(C)C)=C(C)N1. The third kappa shape index (κ3) is 4.89. The fraction of sp³-hybridized carbons (Fsp3) is 0.269. The molecule has 32 heavy (non-hydrogen) atoms. The Labute approximate surface area is 188 Å². The van der Waals surface area contributed by atoms with Crippen molar-refractivity contribution in [2.45, 2.75) is 46.3 Å². The van der Waals surface area contributed by atoms with Crippen LogP contribution in [0.25, 0.3) is 0 Å². The summed E-state index contributed by atoms with van der Waals surface area (Å²) < 4.78 is 11.1. The van der Waals surface area contributed by atoms with Crippen LogP contribution in [0.1, 0.15) is 50.3 Å². The summed E-state index contributed by atoms with van der Waals surface area (Å²) in [5.74, 6) is -1.89. The van der Waals surface area contributed by atoms with Crippen molar-refractivity contribution in [2.75, 3.05) is 0 Å². The molecule has 164 valence electrons. The van der Waals surface area contributed by atoms with E-state index in [9.17, 15) is 14.9 Å². The molecule has 2 aromatic rings. The summed E-state index contributed by atoms with van der Waals surface area (Å²) in [5, 5.41) is 12.8. The van der Waals surface area contributed by atoms with Crippen LogP contribution in [-0.4, -0.2) is 18.0 Å². The zero-order valence-electron chi connectivity index (χ0n) is 18.6. The third-order valence-corrected chi connectivity index (χ3v) is 5.15. The van der Waals surface area contributed by atoms with Crippen molar-refractivity contribution in [3.05, 3.63) is 93.8 Å². The highest BCUT2D eigenvalue weighted by Crippen LogP contribution is 2.40. The van der Waals surface area contributed by atoms with Crippen LogP contribution >= 0.6 is 0 Å². The van der Waals surface area contributed by atoms with Crippen LogP contribution < -0.4 is 5.32 Å². The molecule has 3 rings (SSSR count). The molecule has 1 atom stereocenters. The minimum atomic E-state index is -0.790. The normalized spacial score (nSPS) is 15.8. The van der Waals surface area contributed by atoms with E-state index >= 15 is 0 Å². The number of hydrogen-bond donors (Lipinski definition) is 1. The molecule has 0 saturated carbocycles. The Morgan fingerprint density at radius 3 is 2.19 bits per heavy atom. The van der Waals surface area contributed by atoms with E-state index in [1.54, 1.807) is 52.0 Å². The van der Waals surface area contributed by atoms with Crippen LogP contribution in [0.5, 0.6) is 0 Å². The average Bonchev–Trinajstić information content (AvgIpc) is 2.77. The zero-order chi connectivity index (χ0) is 23.3. The Morgan fingerprint density at radius 1 is 0.969 bits per heavy atom. The Hall–Kier alpha value is -3.85. The molecule has 0 saturated heterocycles. The summed E-state index contributed by atoms with van der Waals surface area (Å²) in [5.41, 5.74) is 3.50. The van der Waals surface area contributed by atoms with Crippen LogP contribution in [0.3, 0.4) is 0 Å². The maximum absolute atomic E-state index is 13.3. The standard InChI is InChI=1S/C26H26N2O4/c1-16(2)32-26(30)23-18(4)28-17(3)22(24(23)21-13-9-8-12-20(21)14-27)25(29)31-15-19-10-6-5-7-11-19/h5-13,16,24,28H,15H2,1-4H3. The number of allylic oxidation sites excluding steroid dienone is 2. The van der Waals surface area contributed by atoms with Crippen molar-refractivity contribution >= 4 is 11.9 Å². The second-order valence-corrected chi connectivity index (χ2v) is 7.85. The van der Waals surface area contributed by atoms with Crippen LogP contribution in [0.2, 0.25) is 0 Å². The number of carbonyl (C=O) groups excluding carboxylic acids is 2. The number of hydrogen-bond acceptors (Lipinski definition) is 6. The Kier molecular flexibility index (Phi) is 7.11. The predicted octanol–water partition coefficient (Wildman–Crippen LogP) is 4.49. The van der Waals surface area contributed by atoms with Crippen molar-refractivity contribution in [1.82, 2.24) is 5.32 Å². The fourth-order valence-corrected chi connectivity index (χ4v) is 3.78. The number of ether oxygens (including phenoxy) is 2. The second kappa shape index (κ2) is 9.97. The quantitative estimate of drug-likeness (QED) is 0.680. The summed E-state index contributed by atoms with van der Waals surface area (Å²) in [4.78, 5) is 26.4. The van der Waals surface area contributed by atoms with Gasteiger partial charge in [0.2, 0.25) is 0 Å². The molecule has 6 nitrogen and oxygen atoms in total. The van der Waals surface area contributed by atoms with E-state index in [0.29, 0.717) is 28.1 Å². The summed E-state index contributed by atoms with van der Waals surface area (Å²) >= 11 is 0. The monoisotopic (exact) mass is 430 g/mol. The average molecular weight is 431 g/mol. The lowest BCUT2D eigenvalue weighted by molar-refractivity contribution is -0.143. The van der Waals surface area contributed by atoms with E-state index in [1.807, 2.05) is 30.3 Å². The molecule has 6 heteroatoms. The molecule has 0 aliphatic carbocycles. The number of esters is 2. The molecular weight excluding hydrogens is 404 g/mol. The first-order valence-electron chi connectivity index (χ1n) is 10.4. The summed E-state index contributed by atoms with van der Waals surface area (Å²) in [6.45, 7) is 7.14. The topological polar surface area (TPSA) is 88.4 Å². The molecule has 0 bridgehead atoms. The molecule has 0 radical (unpaired) electrons. The van der Waals surface area contributed by atoms with Crippen LogP contribution in [0.15, 0.2) is 77.1 Å². The highest BCUT2D eigenvalue weighted by atomic mass is 16.5. The number of nitriles is 1. The van der Waals surface area contributed by atoms with E-state index in [-0.39, 0.29) is 18.3 Å². The van der Waals surface area contributed by atoms with Crippen LogP contribution in [0, 0.1) is 11.3 Å². The molecule has 0 amide bonds. The van der Waals surface area contributed by atoms with Crippen molar-refractivity contribution in [3.8, 4) is 6.07 Å². The lowest BCUT2D eigenvalue weighted by atomic mass is 9.78. The molecule has 1 aliphatic heterocycles. The summed E-state index contributed by atoms with van der Waals surface area (Å²) in [6, 6.07) is 18.5. The second-order valence-electron chi connectivity index (χ2n) is 7.85. The summed E-state index contributed by atoms with van der Waals surface area (Å²) in [7, 11) is 0. The van der Waals surface area contributed by atoms with Crippen LogP contribution in [0.4, 0.5) is 0 Å². The number of nitrogens with one attached hydrogen (secondary N) is 1. The first-order valence-corrected chi connectivity index (χ1v) is 10.4. The molecule has 0 aromatic heterocycles. The number of carbonyl (C=O) groups is 2. The molecule has 2 aromatic carbocycles. The van der Waals surface area contributed by atoms with Gasteiger partial charge in [0.15, 0.2) is 0 Å². The van der Waals surface area contributed by atoms with Crippen molar-refractivity contribution in [2.24, 2.45) is 0 Å². The van der Waals surface area contributed by atoms with Gasteiger partial charge >= 0.3 is 11.9 Å². The van der Waals surface area contributed by atoms with Crippen molar-refractivity contribution < 1.29 is 19.1 Å². The Morgan fingerprint density at radius 2 is 1.56 bits per heavy atom. The first-order chi connectivity index (χ1) is 15.3. The molecule has 1 unspecified atom stereocenters.